The first-order chi connectivity index (χ1) is 9.69. The van der Waals surface area contributed by atoms with Crippen molar-refractivity contribution in [2.75, 3.05) is 0 Å². The van der Waals surface area contributed by atoms with Gasteiger partial charge in [0.05, 0.1) is 16.9 Å². The van der Waals surface area contributed by atoms with Crippen LogP contribution in [-0.2, 0) is 6.54 Å². The zero-order valence-electron chi connectivity index (χ0n) is 11.6. The number of aryl methyl sites for hydroxylation is 2. The predicted molar refractivity (Wildman–Crippen MR) is 78.4 cm³/mol. The quantitative estimate of drug-likeness (QED) is 0.794. The van der Waals surface area contributed by atoms with Crippen molar-refractivity contribution in [1.82, 2.24) is 14.8 Å². The molecule has 0 fully saturated rings. The number of hydrogen-bond acceptors (Lipinski definition) is 3. The summed E-state index contributed by atoms with van der Waals surface area (Å²) in [5.41, 5.74) is 3.47. The van der Waals surface area contributed by atoms with E-state index in [0.717, 1.165) is 34.4 Å². The molecule has 0 radical (unpaired) electrons. The lowest BCUT2D eigenvalue weighted by molar-refractivity contribution is 0.208. The Labute approximate surface area is 117 Å². The van der Waals surface area contributed by atoms with Gasteiger partial charge in [-0.25, -0.2) is 0 Å². The molecule has 0 saturated heterocycles. The molecule has 3 aromatic rings. The van der Waals surface area contributed by atoms with Crippen LogP contribution >= 0.6 is 0 Å². The third-order valence-corrected chi connectivity index (χ3v) is 3.46. The average Bonchev–Trinajstić information content (AvgIpc) is 2.87. The van der Waals surface area contributed by atoms with E-state index >= 15 is 0 Å². The monoisotopic (exact) mass is 267 g/mol. The molecular weight excluding hydrogens is 250 g/mol. The minimum Gasteiger partial charge on any atom is -0.382 e. The molecule has 1 N–H and O–H groups in total. The van der Waals surface area contributed by atoms with Crippen LogP contribution in [0.2, 0.25) is 0 Å². The molecule has 0 aliphatic carbocycles. The van der Waals surface area contributed by atoms with Crippen LogP contribution in [0.1, 0.15) is 30.0 Å². The van der Waals surface area contributed by atoms with Gasteiger partial charge in [-0.2, -0.15) is 5.10 Å². The summed E-state index contributed by atoms with van der Waals surface area (Å²) in [7, 11) is 0. The number of benzene rings is 1. The fraction of sp³-hybridized carbons (Fsp3) is 0.250. The fourth-order valence-electron chi connectivity index (χ4n) is 2.46. The summed E-state index contributed by atoms with van der Waals surface area (Å²) in [4.78, 5) is 4.33. The maximum atomic E-state index is 10.6. The van der Waals surface area contributed by atoms with Gasteiger partial charge in [0, 0.05) is 18.1 Å². The van der Waals surface area contributed by atoms with Gasteiger partial charge in [0.25, 0.3) is 0 Å². The highest BCUT2D eigenvalue weighted by atomic mass is 16.3. The standard InChI is InChI=1S/C16H17N3O/c1-3-19-15(9-11(2)18-19)16(20)13-7-6-12-5-4-8-17-14(12)10-13/h4-10,16,20H,3H2,1-2H3. The van der Waals surface area contributed by atoms with Gasteiger partial charge in [0.1, 0.15) is 6.10 Å². The van der Waals surface area contributed by atoms with Crippen LogP contribution in [-0.4, -0.2) is 19.9 Å². The van der Waals surface area contributed by atoms with Crippen molar-refractivity contribution < 1.29 is 5.11 Å². The molecule has 2 heterocycles. The van der Waals surface area contributed by atoms with E-state index in [1.54, 1.807) is 6.20 Å². The summed E-state index contributed by atoms with van der Waals surface area (Å²) in [6.07, 6.45) is 1.08. The SMILES string of the molecule is CCn1nc(C)cc1C(O)c1ccc2cccnc2c1. The van der Waals surface area contributed by atoms with Crippen LogP contribution in [0.3, 0.4) is 0 Å². The van der Waals surface area contributed by atoms with E-state index in [-0.39, 0.29) is 0 Å². The largest absolute Gasteiger partial charge is 0.382 e. The van der Waals surface area contributed by atoms with Gasteiger partial charge in [0.15, 0.2) is 0 Å². The normalized spacial score (nSPS) is 12.8. The number of aromatic nitrogens is 3. The molecule has 1 unspecified atom stereocenters. The van der Waals surface area contributed by atoms with E-state index in [0.29, 0.717) is 0 Å². The highest BCUT2D eigenvalue weighted by Gasteiger charge is 2.16. The first kappa shape index (κ1) is 12.8. The number of pyridine rings is 1. The van der Waals surface area contributed by atoms with Crippen molar-refractivity contribution in [3.63, 3.8) is 0 Å². The van der Waals surface area contributed by atoms with Crippen molar-refractivity contribution in [3.8, 4) is 0 Å². The second kappa shape index (κ2) is 5.06. The molecule has 0 saturated carbocycles. The molecular formula is C16H17N3O. The first-order valence-electron chi connectivity index (χ1n) is 6.76. The highest BCUT2D eigenvalue weighted by molar-refractivity contribution is 5.79. The zero-order valence-corrected chi connectivity index (χ0v) is 11.6. The summed E-state index contributed by atoms with van der Waals surface area (Å²) >= 11 is 0. The van der Waals surface area contributed by atoms with Gasteiger partial charge in [-0.05, 0) is 37.6 Å². The summed E-state index contributed by atoms with van der Waals surface area (Å²) in [5, 5.41) is 16.0. The van der Waals surface area contributed by atoms with Crippen molar-refractivity contribution >= 4 is 10.9 Å². The molecule has 20 heavy (non-hydrogen) atoms. The van der Waals surface area contributed by atoms with Crippen LogP contribution in [0.5, 0.6) is 0 Å². The Kier molecular flexibility index (Phi) is 3.24. The van der Waals surface area contributed by atoms with E-state index in [2.05, 4.69) is 10.1 Å². The first-order valence-corrected chi connectivity index (χ1v) is 6.76. The smallest absolute Gasteiger partial charge is 0.121 e. The lowest BCUT2D eigenvalue weighted by Gasteiger charge is -2.13. The van der Waals surface area contributed by atoms with Gasteiger partial charge in [-0.3, -0.25) is 9.67 Å². The summed E-state index contributed by atoms with van der Waals surface area (Å²) in [6.45, 7) is 4.70. The minimum atomic E-state index is -0.678. The Morgan fingerprint density at radius 3 is 2.90 bits per heavy atom. The lowest BCUT2D eigenvalue weighted by atomic mass is 10.0. The minimum absolute atomic E-state index is 0.678. The average molecular weight is 267 g/mol. The van der Waals surface area contributed by atoms with Crippen molar-refractivity contribution in [2.45, 2.75) is 26.5 Å². The predicted octanol–water partition coefficient (Wildman–Crippen LogP) is 2.84. The molecule has 3 rings (SSSR count). The number of aliphatic hydroxyl groups excluding tert-OH is 1. The number of rotatable bonds is 3. The fourth-order valence-corrected chi connectivity index (χ4v) is 2.46. The molecule has 0 aliphatic heterocycles. The Morgan fingerprint density at radius 2 is 2.10 bits per heavy atom. The zero-order chi connectivity index (χ0) is 14.1. The molecule has 0 amide bonds. The highest BCUT2D eigenvalue weighted by Crippen LogP contribution is 2.25. The second-order valence-electron chi connectivity index (χ2n) is 4.88. The number of aliphatic hydroxyl groups is 1. The molecule has 1 aromatic carbocycles. The van der Waals surface area contributed by atoms with Crippen LogP contribution in [0.15, 0.2) is 42.6 Å². The third kappa shape index (κ3) is 2.18. The van der Waals surface area contributed by atoms with Crippen molar-refractivity contribution in [1.29, 1.82) is 0 Å². The Morgan fingerprint density at radius 1 is 1.25 bits per heavy atom. The lowest BCUT2D eigenvalue weighted by Crippen LogP contribution is -2.09. The van der Waals surface area contributed by atoms with Gasteiger partial charge < -0.3 is 5.11 Å². The molecule has 102 valence electrons. The number of fused-ring (bicyclic) bond motifs is 1. The Balaban J connectivity index is 2.05. The van der Waals surface area contributed by atoms with Crippen molar-refractivity contribution in [2.24, 2.45) is 0 Å². The third-order valence-electron chi connectivity index (χ3n) is 3.46. The maximum absolute atomic E-state index is 10.6. The number of hydrogen-bond donors (Lipinski definition) is 1. The maximum Gasteiger partial charge on any atom is 0.121 e. The Hall–Kier alpha value is -2.20. The number of nitrogens with zero attached hydrogens (tertiary/aromatic N) is 3. The van der Waals surface area contributed by atoms with Gasteiger partial charge in [0.2, 0.25) is 0 Å². The van der Waals surface area contributed by atoms with Gasteiger partial charge in [-0.1, -0.05) is 18.2 Å². The van der Waals surface area contributed by atoms with Gasteiger partial charge >= 0.3 is 0 Å². The van der Waals surface area contributed by atoms with Crippen molar-refractivity contribution in [3.05, 3.63) is 59.5 Å². The Bertz CT molecular complexity index is 748. The van der Waals surface area contributed by atoms with Crippen LogP contribution in [0.25, 0.3) is 10.9 Å². The summed E-state index contributed by atoms with van der Waals surface area (Å²) < 4.78 is 1.84. The van der Waals surface area contributed by atoms with E-state index in [9.17, 15) is 5.11 Å². The molecule has 0 bridgehead atoms. The summed E-state index contributed by atoms with van der Waals surface area (Å²) in [5.74, 6) is 0. The second-order valence-corrected chi connectivity index (χ2v) is 4.88. The van der Waals surface area contributed by atoms with E-state index in [1.807, 2.05) is 54.9 Å². The molecule has 0 spiro atoms. The summed E-state index contributed by atoms with van der Waals surface area (Å²) in [6, 6.07) is 11.7. The molecule has 0 aliphatic rings. The molecule has 1 atom stereocenters. The van der Waals surface area contributed by atoms with Crippen LogP contribution in [0.4, 0.5) is 0 Å². The van der Waals surface area contributed by atoms with E-state index in [4.69, 9.17) is 0 Å². The molecule has 4 nitrogen and oxygen atoms in total. The van der Waals surface area contributed by atoms with Crippen LogP contribution < -0.4 is 0 Å². The molecule has 4 heteroatoms. The molecule has 2 aromatic heterocycles. The topological polar surface area (TPSA) is 50.9 Å². The van der Waals surface area contributed by atoms with E-state index < -0.39 is 6.10 Å². The van der Waals surface area contributed by atoms with E-state index in [1.165, 1.54) is 0 Å². The van der Waals surface area contributed by atoms with Gasteiger partial charge in [-0.15, -0.1) is 0 Å². The van der Waals surface area contributed by atoms with Crippen LogP contribution in [0, 0.1) is 6.92 Å².